The molecular weight excluding hydrogens is 327 g/mol. The van der Waals surface area contributed by atoms with Gasteiger partial charge in [0.1, 0.15) is 17.6 Å². The Balaban J connectivity index is 2.52. The Kier molecular flexibility index (Phi) is 4.45. The van der Waals surface area contributed by atoms with E-state index < -0.39 is 11.9 Å². The van der Waals surface area contributed by atoms with Crippen LogP contribution in [0.3, 0.4) is 0 Å². The number of hydrogen-bond donors (Lipinski definition) is 1. The summed E-state index contributed by atoms with van der Waals surface area (Å²) in [6.45, 7) is 3.86. The van der Waals surface area contributed by atoms with E-state index in [1.165, 1.54) is 19.4 Å². The van der Waals surface area contributed by atoms with Crippen molar-refractivity contribution in [2.75, 3.05) is 7.11 Å². The average Bonchev–Trinajstić information content (AvgIpc) is 2.81. The Labute approximate surface area is 125 Å². The van der Waals surface area contributed by atoms with E-state index in [2.05, 4.69) is 21.0 Å². The summed E-state index contributed by atoms with van der Waals surface area (Å²) in [5.74, 6) is -0.0426. The van der Waals surface area contributed by atoms with Gasteiger partial charge in [-0.15, -0.1) is 0 Å². The fourth-order valence-corrected chi connectivity index (χ4v) is 2.39. The first-order valence-electron chi connectivity index (χ1n) is 6.20. The van der Waals surface area contributed by atoms with Gasteiger partial charge in [-0.3, -0.25) is 4.68 Å². The molecule has 108 valence electrons. The van der Waals surface area contributed by atoms with E-state index in [-0.39, 0.29) is 11.6 Å². The lowest BCUT2D eigenvalue weighted by molar-refractivity contribution is 0.195. The Hall–Kier alpha value is -1.40. The third-order valence-corrected chi connectivity index (χ3v) is 3.52. The highest BCUT2D eigenvalue weighted by atomic mass is 79.9. The highest BCUT2D eigenvalue weighted by Crippen LogP contribution is 2.33. The van der Waals surface area contributed by atoms with Crippen LogP contribution in [0.1, 0.15) is 37.3 Å². The van der Waals surface area contributed by atoms with E-state index in [1.54, 1.807) is 16.8 Å². The van der Waals surface area contributed by atoms with Gasteiger partial charge in [-0.05, 0) is 26.0 Å². The first-order valence-corrected chi connectivity index (χ1v) is 6.99. The van der Waals surface area contributed by atoms with Gasteiger partial charge in [0.05, 0.1) is 13.3 Å². The summed E-state index contributed by atoms with van der Waals surface area (Å²) in [7, 11) is 1.50. The Morgan fingerprint density at radius 3 is 2.65 bits per heavy atom. The molecule has 1 atom stereocenters. The predicted molar refractivity (Wildman–Crippen MR) is 77.3 cm³/mol. The number of aliphatic hydroxyl groups excluding tert-OH is 1. The predicted octanol–water partition coefficient (Wildman–Crippen LogP) is 3.46. The monoisotopic (exact) mass is 342 g/mol. The van der Waals surface area contributed by atoms with Crippen molar-refractivity contribution in [2.24, 2.45) is 0 Å². The van der Waals surface area contributed by atoms with Gasteiger partial charge in [0.15, 0.2) is 5.75 Å². The van der Waals surface area contributed by atoms with Crippen LogP contribution in [0, 0.1) is 5.82 Å². The molecule has 4 nitrogen and oxygen atoms in total. The molecule has 0 saturated heterocycles. The van der Waals surface area contributed by atoms with Crippen molar-refractivity contribution in [1.29, 1.82) is 0 Å². The lowest BCUT2D eigenvalue weighted by Gasteiger charge is -2.18. The van der Waals surface area contributed by atoms with Crippen molar-refractivity contribution in [3.8, 4) is 5.75 Å². The first-order chi connectivity index (χ1) is 9.45. The van der Waals surface area contributed by atoms with Crippen molar-refractivity contribution in [3.05, 3.63) is 45.9 Å². The van der Waals surface area contributed by atoms with E-state index >= 15 is 0 Å². The summed E-state index contributed by atoms with van der Waals surface area (Å²) in [6.07, 6.45) is 0.387. The van der Waals surface area contributed by atoms with Crippen LogP contribution < -0.4 is 4.74 Å². The van der Waals surface area contributed by atoms with E-state index in [0.717, 1.165) is 0 Å². The van der Waals surface area contributed by atoms with Crippen LogP contribution in [-0.4, -0.2) is 22.0 Å². The third kappa shape index (κ3) is 2.71. The van der Waals surface area contributed by atoms with Gasteiger partial charge < -0.3 is 9.84 Å². The van der Waals surface area contributed by atoms with Crippen LogP contribution in [0.5, 0.6) is 5.75 Å². The zero-order valence-corrected chi connectivity index (χ0v) is 13.1. The molecule has 1 N–H and O–H groups in total. The van der Waals surface area contributed by atoms with Crippen molar-refractivity contribution in [2.45, 2.75) is 26.0 Å². The third-order valence-electron chi connectivity index (χ3n) is 3.02. The number of benzene rings is 1. The van der Waals surface area contributed by atoms with Crippen molar-refractivity contribution >= 4 is 15.9 Å². The fraction of sp³-hybridized carbons (Fsp3) is 0.357. The largest absolute Gasteiger partial charge is 0.493 e. The minimum Gasteiger partial charge on any atom is -0.493 e. The molecule has 6 heteroatoms. The number of hydrogen-bond acceptors (Lipinski definition) is 3. The molecule has 20 heavy (non-hydrogen) atoms. The maximum Gasteiger partial charge on any atom is 0.163 e. The highest BCUT2D eigenvalue weighted by Gasteiger charge is 2.25. The normalized spacial score (nSPS) is 12.8. The molecule has 0 radical (unpaired) electrons. The molecule has 0 aliphatic heterocycles. The smallest absolute Gasteiger partial charge is 0.163 e. The van der Waals surface area contributed by atoms with Gasteiger partial charge in [-0.1, -0.05) is 22.0 Å². The topological polar surface area (TPSA) is 47.3 Å². The summed E-state index contributed by atoms with van der Waals surface area (Å²) in [5, 5.41) is 14.7. The summed E-state index contributed by atoms with van der Waals surface area (Å²) >= 11 is 3.20. The van der Waals surface area contributed by atoms with Gasteiger partial charge >= 0.3 is 0 Å². The van der Waals surface area contributed by atoms with Crippen LogP contribution in [0.15, 0.2) is 28.9 Å². The van der Waals surface area contributed by atoms with Gasteiger partial charge in [-0.2, -0.15) is 5.10 Å². The van der Waals surface area contributed by atoms with Crippen LogP contribution >= 0.6 is 15.9 Å². The molecule has 0 aliphatic rings. The van der Waals surface area contributed by atoms with Crippen LogP contribution in [0.4, 0.5) is 4.39 Å². The molecule has 1 aromatic carbocycles. The van der Waals surface area contributed by atoms with Gasteiger partial charge in [0.2, 0.25) is 0 Å². The van der Waals surface area contributed by atoms with Crippen LogP contribution in [0.25, 0.3) is 0 Å². The maximum atomic E-state index is 14.0. The molecule has 1 heterocycles. The van der Waals surface area contributed by atoms with Crippen LogP contribution in [-0.2, 0) is 0 Å². The van der Waals surface area contributed by atoms with Crippen LogP contribution in [0.2, 0.25) is 0 Å². The molecule has 0 spiro atoms. The summed E-state index contributed by atoms with van der Waals surface area (Å²) in [5.41, 5.74) is 0.637. The van der Waals surface area contributed by atoms with Crippen molar-refractivity contribution in [3.63, 3.8) is 0 Å². The van der Waals surface area contributed by atoms with Gasteiger partial charge in [0, 0.05) is 16.1 Å². The maximum absolute atomic E-state index is 14.0. The van der Waals surface area contributed by atoms with Crippen molar-refractivity contribution in [1.82, 2.24) is 9.78 Å². The average molecular weight is 343 g/mol. The number of nitrogens with zero attached hydrogens (tertiary/aromatic N) is 2. The van der Waals surface area contributed by atoms with Gasteiger partial charge in [0.25, 0.3) is 0 Å². The lowest BCUT2D eigenvalue weighted by atomic mass is 10.1. The fourth-order valence-electron chi connectivity index (χ4n) is 2.06. The molecule has 0 bridgehead atoms. The number of aliphatic hydroxyl groups is 1. The number of ether oxygens (including phenoxy) is 1. The number of methoxy groups -OCH3 is 1. The molecule has 0 aliphatic carbocycles. The SMILES string of the molecule is COc1cnn(C(C)C)c1C(O)c1ccc(Br)cc1F. The number of halogens is 2. The molecule has 1 aromatic heterocycles. The quantitative estimate of drug-likeness (QED) is 0.925. The lowest BCUT2D eigenvalue weighted by Crippen LogP contribution is -2.14. The van der Waals surface area contributed by atoms with Gasteiger partial charge in [-0.25, -0.2) is 4.39 Å². The second-order valence-corrected chi connectivity index (χ2v) is 5.62. The Morgan fingerprint density at radius 2 is 2.10 bits per heavy atom. The number of rotatable bonds is 4. The highest BCUT2D eigenvalue weighted by molar-refractivity contribution is 9.10. The summed E-state index contributed by atoms with van der Waals surface area (Å²) < 4.78 is 21.5. The molecule has 2 aromatic rings. The summed E-state index contributed by atoms with van der Waals surface area (Å²) in [6, 6.07) is 4.58. The minimum atomic E-state index is -1.14. The molecule has 0 amide bonds. The molecular formula is C14H16BrFN2O2. The van der Waals surface area contributed by atoms with E-state index in [9.17, 15) is 9.50 Å². The second-order valence-electron chi connectivity index (χ2n) is 4.70. The zero-order chi connectivity index (χ0) is 14.9. The molecule has 2 rings (SSSR count). The first kappa shape index (κ1) is 15.0. The number of aromatic nitrogens is 2. The minimum absolute atomic E-state index is 0.0297. The zero-order valence-electron chi connectivity index (χ0n) is 11.5. The van der Waals surface area contributed by atoms with E-state index in [4.69, 9.17) is 4.74 Å². The standard InChI is InChI=1S/C14H16BrFN2O2/c1-8(2)18-13(12(20-3)7-17-18)14(19)10-5-4-9(15)6-11(10)16/h4-8,14,19H,1-3H3. The van der Waals surface area contributed by atoms with Crippen molar-refractivity contribution < 1.29 is 14.2 Å². The summed E-state index contributed by atoms with van der Waals surface area (Å²) in [4.78, 5) is 0. The Bertz CT molecular complexity index is 613. The molecule has 0 saturated carbocycles. The van der Waals surface area contributed by atoms with E-state index in [0.29, 0.717) is 15.9 Å². The molecule has 1 unspecified atom stereocenters. The second kappa shape index (κ2) is 5.93. The van der Waals surface area contributed by atoms with E-state index in [1.807, 2.05) is 13.8 Å². The molecule has 0 fully saturated rings. The Morgan fingerprint density at radius 1 is 1.40 bits per heavy atom.